The van der Waals surface area contributed by atoms with Gasteiger partial charge in [-0.1, -0.05) is 53.9 Å². The fourth-order valence-corrected chi connectivity index (χ4v) is 3.12. The van der Waals surface area contributed by atoms with Crippen LogP contribution in [0.15, 0.2) is 54.6 Å². The van der Waals surface area contributed by atoms with Gasteiger partial charge >= 0.3 is 0 Å². The highest BCUT2D eigenvalue weighted by Crippen LogP contribution is 2.23. The predicted molar refractivity (Wildman–Crippen MR) is 91.4 cm³/mol. The molecule has 1 unspecified atom stereocenters. The third-order valence-electron chi connectivity index (χ3n) is 3.71. The van der Waals surface area contributed by atoms with Crippen molar-refractivity contribution in [2.45, 2.75) is 19.4 Å². The summed E-state index contributed by atoms with van der Waals surface area (Å²) in [4.78, 5) is 13.2. The summed E-state index contributed by atoms with van der Waals surface area (Å²) in [5.74, 6) is -0.531. The van der Waals surface area contributed by atoms with E-state index < -0.39 is 0 Å². The van der Waals surface area contributed by atoms with Crippen LogP contribution in [0.4, 0.5) is 4.39 Å². The Labute approximate surface area is 143 Å². The van der Waals surface area contributed by atoms with E-state index in [9.17, 15) is 9.18 Å². The molecule has 0 fully saturated rings. The Kier molecular flexibility index (Phi) is 4.96. The molecule has 2 aromatic carbocycles. The van der Waals surface area contributed by atoms with Crippen molar-refractivity contribution in [3.05, 3.63) is 82.1 Å². The molecule has 1 amide bonds. The molecule has 122 valence electrons. The first-order valence-electron chi connectivity index (χ1n) is 7.61. The van der Waals surface area contributed by atoms with E-state index in [1.807, 2.05) is 37.3 Å². The van der Waals surface area contributed by atoms with E-state index in [2.05, 4.69) is 14.9 Å². The second-order valence-corrected chi connectivity index (χ2v) is 6.03. The molecule has 24 heavy (non-hydrogen) atoms. The van der Waals surface area contributed by atoms with Gasteiger partial charge in [0.05, 0.1) is 11.7 Å². The standard InChI is InChI=1S/C18H16FN3OS/c1-2-15-17(24-22-21-15)18(23)20-16(12-6-4-3-5-7-12)13-8-10-14(19)11-9-13/h3-11,16H,2H2,1H3,(H,20,23). The molecule has 0 aliphatic heterocycles. The maximum absolute atomic E-state index is 13.2. The molecule has 0 saturated carbocycles. The number of halogens is 1. The number of aromatic nitrogens is 2. The van der Waals surface area contributed by atoms with E-state index in [-0.39, 0.29) is 17.8 Å². The number of amides is 1. The Balaban J connectivity index is 1.93. The van der Waals surface area contributed by atoms with Crippen LogP contribution in [0.25, 0.3) is 0 Å². The number of hydrogen-bond acceptors (Lipinski definition) is 4. The zero-order valence-corrected chi connectivity index (χ0v) is 13.9. The van der Waals surface area contributed by atoms with E-state index in [0.717, 1.165) is 22.7 Å². The van der Waals surface area contributed by atoms with Crippen molar-refractivity contribution in [1.29, 1.82) is 0 Å². The predicted octanol–water partition coefficient (Wildman–Crippen LogP) is 3.76. The molecule has 0 bridgehead atoms. The Morgan fingerprint density at radius 2 is 1.79 bits per heavy atom. The molecular weight excluding hydrogens is 325 g/mol. The highest BCUT2D eigenvalue weighted by molar-refractivity contribution is 7.08. The second kappa shape index (κ2) is 7.31. The van der Waals surface area contributed by atoms with Gasteiger partial charge in [0.25, 0.3) is 5.91 Å². The van der Waals surface area contributed by atoms with Crippen molar-refractivity contribution in [2.24, 2.45) is 0 Å². The van der Waals surface area contributed by atoms with E-state index in [4.69, 9.17) is 0 Å². The number of benzene rings is 2. The van der Waals surface area contributed by atoms with Gasteiger partial charge in [-0.25, -0.2) is 4.39 Å². The molecule has 4 nitrogen and oxygen atoms in total. The number of aryl methyl sites for hydroxylation is 1. The molecule has 1 N–H and O–H groups in total. The molecular formula is C18H16FN3OS. The zero-order chi connectivity index (χ0) is 16.9. The first-order chi connectivity index (χ1) is 11.7. The van der Waals surface area contributed by atoms with Crippen LogP contribution in [0.2, 0.25) is 0 Å². The number of rotatable bonds is 5. The molecule has 0 radical (unpaired) electrons. The summed E-state index contributed by atoms with van der Waals surface area (Å²) >= 11 is 1.08. The SMILES string of the molecule is CCc1nnsc1C(=O)NC(c1ccccc1)c1ccc(F)cc1. The van der Waals surface area contributed by atoms with Crippen LogP contribution < -0.4 is 5.32 Å². The van der Waals surface area contributed by atoms with E-state index >= 15 is 0 Å². The van der Waals surface area contributed by atoms with Crippen LogP contribution in [0, 0.1) is 5.82 Å². The van der Waals surface area contributed by atoms with Crippen molar-refractivity contribution in [2.75, 3.05) is 0 Å². The topological polar surface area (TPSA) is 54.9 Å². The normalized spacial score (nSPS) is 11.9. The van der Waals surface area contributed by atoms with E-state index in [1.54, 1.807) is 12.1 Å². The fraction of sp³-hybridized carbons (Fsp3) is 0.167. The summed E-state index contributed by atoms with van der Waals surface area (Å²) in [5, 5.41) is 6.99. The molecule has 1 aromatic heterocycles. The van der Waals surface area contributed by atoms with Gasteiger partial charge in [0.15, 0.2) is 0 Å². The second-order valence-electron chi connectivity index (χ2n) is 5.27. The van der Waals surface area contributed by atoms with Crippen molar-refractivity contribution < 1.29 is 9.18 Å². The van der Waals surface area contributed by atoms with Gasteiger partial charge in [-0.15, -0.1) is 5.10 Å². The molecule has 0 aliphatic rings. The summed E-state index contributed by atoms with van der Waals surface area (Å²) in [6.45, 7) is 1.93. The van der Waals surface area contributed by atoms with Crippen LogP contribution in [0.3, 0.4) is 0 Å². The molecule has 6 heteroatoms. The Bertz CT molecular complexity index is 818. The molecule has 0 spiro atoms. The van der Waals surface area contributed by atoms with E-state index in [0.29, 0.717) is 17.0 Å². The summed E-state index contributed by atoms with van der Waals surface area (Å²) in [6, 6.07) is 15.4. The van der Waals surface area contributed by atoms with Crippen molar-refractivity contribution in [3.8, 4) is 0 Å². The Morgan fingerprint density at radius 3 is 2.46 bits per heavy atom. The van der Waals surface area contributed by atoms with Gasteiger partial charge in [0.1, 0.15) is 10.7 Å². The average Bonchev–Trinajstić information content (AvgIpc) is 3.10. The summed E-state index contributed by atoms with van der Waals surface area (Å²) in [5.41, 5.74) is 2.42. The lowest BCUT2D eigenvalue weighted by Crippen LogP contribution is -2.29. The minimum atomic E-state index is -0.369. The van der Waals surface area contributed by atoms with Crippen LogP contribution in [0.1, 0.15) is 39.5 Å². The van der Waals surface area contributed by atoms with Gasteiger partial charge in [-0.2, -0.15) is 0 Å². The molecule has 1 heterocycles. The first-order valence-corrected chi connectivity index (χ1v) is 8.39. The Morgan fingerprint density at radius 1 is 1.12 bits per heavy atom. The first kappa shape index (κ1) is 16.3. The molecule has 0 saturated heterocycles. The number of nitrogens with one attached hydrogen (secondary N) is 1. The molecule has 0 aliphatic carbocycles. The lowest BCUT2D eigenvalue weighted by molar-refractivity contribution is 0.0946. The van der Waals surface area contributed by atoms with E-state index in [1.165, 1.54) is 12.1 Å². The van der Waals surface area contributed by atoms with Gasteiger partial charge in [-0.3, -0.25) is 4.79 Å². The third-order valence-corrected chi connectivity index (χ3v) is 4.48. The van der Waals surface area contributed by atoms with Gasteiger partial charge in [-0.05, 0) is 41.2 Å². The lowest BCUT2D eigenvalue weighted by atomic mass is 9.98. The lowest BCUT2D eigenvalue weighted by Gasteiger charge is -2.19. The van der Waals surface area contributed by atoms with Crippen LogP contribution in [-0.4, -0.2) is 15.5 Å². The maximum atomic E-state index is 13.2. The fourth-order valence-electron chi connectivity index (χ4n) is 2.47. The monoisotopic (exact) mass is 341 g/mol. The van der Waals surface area contributed by atoms with Crippen molar-refractivity contribution >= 4 is 17.4 Å². The van der Waals surface area contributed by atoms with Gasteiger partial charge in [0.2, 0.25) is 0 Å². The number of carbonyl (C=O) groups is 1. The molecule has 3 rings (SSSR count). The summed E-state index contributed by atoms with van der Waals surface area (Å²) in [6.07, 6.45) is 0.645. The quantitative estimate of drug-likeness (QED) is 0.769. The van der Waals surface area contributed by atoms with Crippen LogP contribution >= 0.6 is 11.5 Å². The highest BCUT2D eigenvalue weighted by Gasteiger charge is 2.21. The smallest absolute Gasteiger partial charge is 0.265 e. The summed E-state index contributed by atoms with van der Waals surface area (Å²) < 4.78 is 17.1. The van der Waals surface area contributed by atoms with Crippen molar-refractivity contribution in [1.82, 2.24) is 14.9 Å². The maximum Gasteiger partial charge on any atom is 0.265 e. The van der Waals surface area contributed by atoms with Crippen LogP contribution in [0.5, 0.6) is 0 Å². The highest BCUT2D eigenvalue weighted by atomic mass is 32.1. The zero-order valence-electron chi connectivity index (χ0n) is 13.1. The number of hydrogen-bond donors (Lipinski definition) is 1. The Hall–Kier alpha value is -2.60. The summed E-state index contributed by atoms with van der Waals surface area (Å²) in [7, 11) is 0. The largest absolute Gasteiger partial charge is 0.340 e. The van der Waals surface area contributed by atoms with Gasteiger partial charge in [0, 0.05) is 0 Å². The minimum absolute atomic E-state index is 0.222. The third kappa shape index (κ3) is 3.49. The van der Waals surface area contributed by atoms with Crippen LogP contribution in [-0.2, 0) is 6.42 Å². The average molecular weight is 341 g/mol. The van der Waals surface area contributed by atoms with Crippen molar-refractivity contribution in [3.63, 3.8) is 0 Å². The minimum Gasteiger partial charge on any atom is -0.340 e. The molecule has 3 aromatic rings. The van der Waals surface area contributed by atoms with Gasteiger partial charge < -0.3 is 5.32 Å². The molecule has 1 atom stereocenters. The number of carbonyl (C=O) groups excluding carboxylic acids is 1. The number of nitrogens with zero attached hydrogens (tertiary/aromatic N) is 2.